The predicted molar refractivity (Wildman–Crippen MR) is 88.5 cm³/mol. The minimum absolute atomic E-state index is 0.359. The largest absolute Gasteiger partial charge is 0.348 e. The van der Waals surface area contributed by atoms with Gasteiger partial charge >= 0.3 is 0 Å². The van der Waals surface area contributed by atoms with Gasteiger partial charge < -0.3 is 9.88 Å². The molecule has 1 aliphatic carbocycles. The molecule has 1 aromatic carbocycles. The zero-order valence-corrected chi connectivity index (χ0v) is 13.9. The summed E-state index contributed by atoms with van der Waals surface area (Å²) in [6.45, 7) is 0.390. The van der Waals surface area contributed by atoms with E-state index < -0.39 is 23.8 Å². The first-order valence-corrected chi connectivity index (χ1v) is 8.92. The van der Waals surface area contributed by atoms with Crippen molar-refractivity contribution in [3.63, 3.8) is 0 Å². The molecule has 1 saturated carbocycles. The Kier molecular flexibility index (Phi) is 3.03. The van der Waals surface area contributed by atoms with E-state index in [2.05, 4.69) is 15.0 Å². The first kappa shape index (κ1) is 14.9. The van der Waals surface area contributed by atoms with Crippen LogP contribution in [-0.2, 0) is 11.2 Å². The quantitative estimate of drug-likeness (QED) is 0.764. The number of amides is 1. The molecule has 3 aromatic rings. The van der Waals surface area contributed by atoms with Crippen LogP contribution < -0.4 is 0 Å². The van der Waals surface area contributed by atoms with Crippen molar-refractivity contribution >= 4 is 27.5 Å². The highest BCUT2D eigenvalue weighted by Crippen LogP contribution is 2.51. The van der Waals surface area contributed by atoms with Crippen LogP contribution in [0.25, 0.3) is 10.2 Å². The molecule has 1 aliphatic heterocycles. The fraction of sp³-hybridized carbons (Fsp3) is 0.353. The lowest BCUT2D eigenvalue weighted by atomic mass is 10.0. The van der Waals surface area contributed by atoms with Gasteiger partial charge in [0.1, 0.15) is 17.0 Å². The number of carbonyl (C=O) groups excluding carboxylic acids is 1. The Balaban J connectivity index is 1.60. The number of aromatic nitrogens is 3. The van der Waals surface area contributed by atoms with E-state index in [1.807, 2.05) is 24.3 Å². The van der Waals surface area contributed by atoms with Crippen LogP contribution in [0.15, 0.2) is 30.6 Å². The molecule has 1 amide bonds. The lowest BCUT2D eigenvalue weighted by molar-refractivity contribution is -0.137. The summed E-state index contributed by atoms with van der Waals surface area (Å²) in [6.07, 6.45) is 1.81. The van der Waals surface area contributed by atoms with Crippen molar-refractivity contribution in [1.82, 2.24) is 19.9 Å². The standard InChI is InChI=1S/C17H14F2N4OS/c18-17(19)7-9(17)16(24)23-6-5-11-13(21-8-20-11)14(23)15-22-10-3-1-2-4-12(10)25-15/h1-4,8-9,14H,5-7H2,(H,20,21)/t9?,14-/m0/s1. The fourth-order valence-electron chi connectivity index (χ4n) is 3.45. The smallest absolute Gasteiger partial charge is 0.260 e. The third-order valence-electron chi connectivity index (χ3n) is 4.88. The molecule has 5 rings (SSSR count). The summed E-state index contributed by atoms with van der Waals surface area (Å²) in [6, 6.07) is 7.20. The second kappa shape index (κ2) is 5.08. The van der Waals surface area contributed by atoms with Crippen LogP contribution >= 0.6 is 11.3 Å². The summed E-state index contributed by atoms with van der Waals surface area (Å²) < 4.78 is 27.9. The maximum absolute atomic E-state index is 13.5. The third-order valence-corrected chi connectivity index (χ3v) is 5.97. The Hall–Kier alpha value is -2.35. The van der Waals surface area contributed by atoms with Gasteiger partial charge in [0.15, 0.2) is 0 Å². The Labute approximate surface area is 145 Å². The number of imidazole rings is 1. The van der Waals surface area contributed by atoms with Gasteiger partial charge in [-0.15, -0.1) is 11.3 Å². The molecule has 1 N–H and O–H groups in total. The van der Waals surface area contributed by atoms with Gasteiger partial charge in [-0.25, -0.2) is 18.7 Å². The Morgan fingerprint density at radius 1 is 1.36 bits per heavy atom. The van der Waals surface area contributed by atoms with Gasteiger partial charge in [-0.2, -0.15) is 0 Å². The highest BCUT2D eigenvalue weighted by Gasteiger charge is 2.63. The molecule has 25 heavy (non-hydrogen) atoms. The number of aromatic amines is 1. The highest BCUT2D eigenvalue weighted by molar-refractivity contribution is 7.18. The monoisotopic (exact) mass is 360 g/mol. The summed E-state index contributed by atoms with van der Waals surface area (Å²) in [5.74, 6) is -4.58. The van der Waals surface area contributed by atoms with E-state index >= 15 is 0 Å². The number of thiazole rings is 1. The molecule has 128 valence electrons. The van der Waals surface area contributed by atoms with E-state index in [4.69, 9.17) is 0 Å². The van der Waals surface area contributed by atoms with E-state index in [1.165, 1.54) is 16.2 Å². The number of alkyl halides is 2. The van der Waals surface area contributed by atoms with Gasteiger partial charge in [-0.1, -0.05) is 12.1 Å². The topological polar surface area (TPSA) is 61.9 Å². The highest BCUT2D eigenvalue weighted by atomic mass is 32.1. The Morgan fingerprint density at radius 3 is 2.92 bits per heavy atom. The first-order chi connectivity index (χ1) is 12.0. The number of H-pyrrole nitrogens is 1. The van der Waals surface area contributed by atoms with Crippen LogP contribution in [0.2, 0.25) is 0 Å². The molecule has 0 bridgehead atoms. The molecule has 0 spiro atoms. The van der Waals surface area contributed by atoms with Crippen LogP contribution in [0, 0.1) is 5.92 Å². The minimum atomic E-state index is -2.87. The van der Waals surface area contributed by atoms with Crippen molar-refractivity contribution in [2.24, 2.45) is 5.92 Å². The maximum Gasteiger partial charge on any atom is 0.260 e. The lowest BCUT2D eigenvalue weighted by Crippen LogP contribution is -2.42. The number of rotatable bonds is 2. The van der Waals surface area contributed by atoms with E-state index in [0.29, 0.717) is 23.7 Å². The number of para-hydroxylation sites is 1. The number of hydrogen-bond donors (Lipinski definition) is 1. The molecule has 1 unspecified atom stereocenters. The van der Waals surface area contributed by atoms with E-state index in [-0.39, 0.29) is 6.42 Å². The molecule has 5 nitrogen and oxygen atoms in total. The van der Waals surface area contributed by atoms with Crippen molar-refractivity contribution in [3.8, 4) is 0 Å². The molecule has 8 heteroatoms. The molecule has 0 saturated heterocycles. The normalized spacial score (nSPS) is 24.3. The number of hydrogen-bond acceptors (Lipinski definition) is 4. The second-order valence-electron chi connectivity index (χ2n) is 6.49. The molecule has 1 fully saturated rings. The average Bonchev–Trinajstić information content (AvgIpc) is 2.99. The maximum atomic E-state index is 13.5. The number of nitrogens with zero attached hydrogens (tertiary/aromatic N) is 3. The van der Waals surface area contributed by atoms with Crippen LogP contribution in [0.4, 0.5) is 8.78 Å². The van der Waals surface area contributed by atoms with Crippen molar-refractivity contribution in [3.05, 3.63) is 47.0 Å². The third kappa shape index (κ3) is 2.27. The summed E-state index contributed by atoms with van der Waals surface area (Å²) in [7, 11) is 0. The van der Waals surface area contributed by atoms with Gasteiger partial charge in [-0.3, -0.25) is 4.79 Å². The second-order valence-corrected chi connectivity index (χ2v) is 7.55. The van der Waals surface area contributed by atoms with Gasteiger partial charge in [0.25, 0.3) is 5.92 Å². The van der Waals surface area contributed by atoms with Crippen LogP contribution in [-0.4, -0.2) is 38.2 Å². The van der Waals surface area contributed by atoms with Crippen molar-refractivity contribution < 1.29 is 13.6 Å². The van der Waals surface area contributed by atoms with E-state index in [9.17, 15) is 13.6 Å². The molecule has 0 radical (unpaired) electrons. The number of halogens is 2. The van der Waals surface area contributed by atoms with Crippen molar-refractivity contribution in [2.75, 3.05) is 6.54 Å². The number of carbonyl (C=O) groups is 1. The Bertz CT molecular complexity index is 949. The predicted octanol–water partition coefficient (Wildman–Crippen LogP) is 3.15. The molecule has 3 heterocycles. The van der Waals surface area contributed by atoms with Crippen LogP contribution in [0.5, 0.6) is 0 Å². The molecule has 2 aromatic heterocycles. The van der Waals surface area contributed by atoms with Gasteiger partial charge in [0.2, 0.25) is 5.91 Å². The van der Waals surface area contributed by atoms with Crippen LogP contribution in [0.1, 0.15) is 28.9 Å². The SMILES string of the molecule is O=C(C1CC1(F)F)N1CCc2[nH]cnc2[C@H]1c1nc2ccccc2s1. The van der Waals surface area contributed by atoms with E-state index in [1.54, 1.807) is 6.33 Å². The molecule has 2 aliphatic rings. The summed E-state index contributed by atoms with van der Waals surface area (Å²) in [5.41, 5.74) is 2.49. The number of benzene rings is 1. The van der Waals surface area contributed by atoms with Crippen molar-refractivity contribution in [1.29, 1.82) is 0 Å². The summed E-state index contributed by atoms with van der Waals surface area (Å²) >= 11 is 1.48. The number of fused-ring (bicyclic) bond motifs is 2. The van der Waals surface area contributed by atoms with Crippen LogP contribution in [0.3, 0.4) is 0 Å². The minimum Gasteiger partial charge on any atom is -0.348 e. The first-order valence-electron chi connectivity index (χ1n) is 8.10. The summed E-state index contributed by atoms with van der Waals surface area (Å²) in [4.78, 5) is 26.3. The summed E-state index contributed by atoms with van der Waals surface area (Å²) in [5, 5.41) is 0.714. The zero-order valence-electron chi connectivity index (χ0n) is 13.1. The molecule has 2 atom stereocenters. The van der Waals surface area contributed by atoms with Gasteiger partial charge in [0, 0.05) is 25.1 Å². The van der Waals surface area contributed by atoms with Gasteiger partial charge in [0.05, 0.1) is 22.2 Å². The fourth-order valence-corrected chi connectivity index (χ4v) is 4.54. The average molecular weight is 360 g/mol. The molecular formula is C17H14F2N4OS. The van der Waals surface area contributed by atoms with Gasteiger partial charge in [-0.05, 0) is 12.1 Å². The Morgan fingerprint density at radius 2 is 2.16 bits per heavy atom. The van der Waals surface area contributed by atoms with E-state index in [0.717, 1.165) is 15.9 Å². The molecular weight excluding hydrogens is 346 g/mol. The lowest BCUT2D eigenvalue weighted by Gasteiger charge is -2.33. The number of nitrogens with one attached hydrogen (secondary N) is 1. The zero-order chi connectivity index (χ0) is 17.2. The van der Waals surface area contributed by atoms with Crippen molar-refractivity contribution in [2.45, 2.75) is 24.8 Å².